The van der Waals surface area contributed by atoms with Gasteiger partial charge in [-0.3, -0.25) is 4.52 Å². The van der Waals surface area contributed by atoms with Gasteiger partial charge < -0.3 is 9.79 Å². The van der Waals surface area contributed by atoms with Crippen LogP contribution >= 0.6 is 7.82 Å². The minimum absolute atomic E-state index is 0.105. The van der Waals surface area contributed by atoms with Crippen LogP contribution in [0.25, 0.3) is 0 Å². The highest BCUT2D eigenvalue weighted by atomic mass is 32.2. The van der Waals surface area contributed by atoms with Crippen LogP contribution in [0.4, 0.5) is 0 Å². The molecule has 8 heteroatoms. The third kappa shape index (κ3) is 6.29. The summed E-state index contributed by atoms with van der Waals surface area (Å²) in [6.07, 6.45) is 3.31. The quantitative estimate of drug-likeness (QED) is 0.691. The van der Waals surface area contributed by atoms with Crippen LogP contribution in [0.15, 0.2) is 0 Å². The van der Waals surface area contributed by atoms with Gasteiger partial charge in [0.25, 0.3) is 0 Å². The van der Waals surface area contributed by atoms with E-state index in [0.29, 0.717) is 0 Å². The summed E-state index contributed by atoms with van der Waals surface area (Å²) in [5.74, 6) is -0.0124. The second-order valence-electron chi connectivity index (χ2n) is 4.85. The van der Waals surface area contributed by atoms with Crippen LogP contribution < -0.4 is 0 Å². The molecule has 0 heterocycles. The largest absolute Gasteiger partial charge is 0.469 e. The molecule has 0 aromatic heterocycles. The van der Waals surface area contributed by atoms with Gasteiger partial charge in [0.05, 0.1) is 17.6 Å². The topological polar surface area (TPSA) is 101 Å². The third-order valence-electron chi connectivity index (χ3n) is 3.15. The van der Waals surface area contributed by atoms with E-state index in [-0.39, 0.29) is 23.8 Å². The maximum atomic E-state index is 11.9. The lowest BCUT2D eigenvalue weighted by atomic mass is 10.1. The summed E-state index contributed by atoms with van der Waals surface area (Å²) >= 11 is 0. The highest BCUT2D eigenvalue weighted by Crippen LogP contribution is 2.38. The molecule has 1 aliphatic carbocycles. The monoisotopic (exact) mass is 300 g/mol. The second kappa shape index (κ2) is 6.48. The number of hydrogen-bond acceptors (Lipinski definition) is 4. The van der Waals surface area contributed by atoms with Gasteiger partial charge in [0.1, 0.15) is 0 Å². The Morgan fingerprint density at radius 1 is 1.33 bits per heavy atom. The van der Waals surface area contributed by atoms with Crippen LogP contribution in [-0.4, -0.2) is 35.8 Å². The van der Waals surface area contributed by atoms with E-state index >= 15 is 0 Å². The van der Waals surface area contributed by atoms with Crippen molar-refractivity contribution in [3.05, 3.63) is 0 Å². The summed E-state index contributed by atoms with van der Waals surface area (Å²) in [6.45, 7) is 1.64. The molecular weight excluding hydrogens is 279 g/mol. The minimum atomic E-state index is -4.62. The van der Waals surface area contributed by atoms with Gasteiger partial charge in [-0.05, 0) is 25.2 Å². The zero-order chi connectivity index (χ0) is 13.8. The molecule has 0 radical (unpaired) electrons. The predicted molar refractivity (Wildman–Crippen MR) is 67.8 cm³/mol. The molecule has 0 saturated heterocycles. The Balaban J connectivity index is 2.53. The molecule has 1 aliphatic rings. The van der Waals surface area contributed by atoms with Crippen LogP contribution in [0.5, 0.6) is 0 Å². The molecule has 0 spiro atoms. The number of hydrogen-bond donors (Lipinski definition) is 2. The van der Waals surface area contributed by atoms with Crippen molar-refractivity contribution in [1.82, 2.24) is 0 Å². The molecule has 18 heavy (non-hydrogen) atoms. The summed E-state index contributed by atoms with van der Waals surface area (Å²) in [7, 11) is -7.94. The lowest BCUT2D eigenvalue weighted by Gasteiger charge is -2.17. The zero-order valence-electron chi connectivity index (χ0n) is 10.5. The van der Waals surface area contributed by atoms with E-state index < -0.39 is 23.8 Å². The van der Waals surface area contributed by atoms with Gasteiger partial charge in [-0.2, -0.15) is 0 Å². The Hall–Kier alpha value is 0.0600. The zero-order valence-corrected chi connectivity index (χ0v) is 12.2. The first-order valence-corrected chi connectivity index (χ1v) is 9.51. The van der Waals surface area contributed by atoms with E-state index in [0.717, 1.165) is 25.7 Å². The van der Waals surface area contributed by atoms with E-state index in [9.17, 15) is 13.0 Å². The van der Waals surface area contributed by atoms with Crippen LogP contribution in [0, 0.1) is 5.92 Å². The molecule has 1 unspecified atom stereocenters. The fraction of sp³-hybridized carbons (Fsp3) is 1.00. The van der Waals surface area contributed by atoms with Gasteiger partial charge in [0, 0.05) is 0 Å². The first kappa shape index (κ1) is 16.1. The van der Waals surface area contributed by atoms with Gasteiger partial charge in [-0.15, -0.1) is 0 Å². The van der Waals surface area contributed by atoms with Gasteiger partial charge >= 0.3 is 7.82 Å². The van der Waals surface area contributed by atoms with Gasteiger partial charge in [0.2, 0.25) is 0 Å². The van der Waals surface area contributed by atoms with E-state index in [2.05, 4.69) is 4.52 Å². The molecule has 2 N–H and O–H groups in total. The Kier molecular flexibility index (Phi) is 5.80. The standard InChI is InChI=1S/C10H21O6PS/c1-2-10(16-17(11,12)13)8-18(14,15)7-9-5-3-4-6-9/h9-10H,2-8H2,1H3,(H2,11,12,13). The fourth-order valence-electron chi connectivity index (χ4n) is 2.30. The van der Waals surface area contributed by atoms with Gasteiger partial charge in [-0.25, -0.2) is 13.0 Å². The molecule has 1 saturated carbocycles. The SMILES string of the molecule is CCC(CS(=O)(=O)CC1CCCC1)OP(=O)(O)O. The number of sulfone groups is 1. The van der Waals surface area contributed by atoms with E-state index in [1.165, 1.54) is 0 Å². The molecule has 0 aromatic carbocycles. The van der Waals surface area contributed by atoms with Crippen LogP contribution in [0.1, 0.15) is 39.0 Å². The number of rotatable bonds is 7. The molecule has 1 fully saturated rings. The fourth-order valence-corrected chi connectivity index (χ4v) is 5.08. The summed E-state index contributed by atoms with van der Waals surface area (Å²) in [4.78, 5) is 17.4. The average Bonchev–Trinajstić information content (AvgIpc) is 2.65. The molecule has 0 aromatic rings. The molecular formula is C10H21O6PS. The Labute approximate surface area is 108 Å². The normalized spacial score (nSPS) is 20.2. The van der Waals surface area contributed by atoms with E-state index in [1.807, 2.05) is 0 Å². The van der Waals surface area contributed by atoms with E-state index in [4.69, 9.17) is 9.79 Å². The molecule has 108 valence electrons. The first-order chi connectivity index (χ1) is 8.22. The van der Waals surface area contributed by atoms with Crippen molar-refractivity contribution in [1.29, 1.82) is 0 Å². The molecule has 0 amide bonds. The smallest absolute Gasteiger partial charge is 0.303 e. The average molecular weight is 300 g/mol. The molecule has 6 nitrogen and oxygen atoms in total. The Morgan fingerprint density at radius 3 is 2.33 bits per heavy atom. The van der Waals surface area contributed by atoms with Crippen molar-refractivity contribution in [3.63, 3.8) is 0 Å². The predicted octanol–water partition coefficient (Wildman–Crippen LogP) is 1.48. The van der Waals surface area contributed by atoms with Gasteiger partial charge in [0.15, 0.2) is 9.84 Å². The molecule has 1 rings (SSSR count). The van der Waals surface area contributed by atoms with E-state index in [1.54, 1.807) is 6.92 Å². The number of phosphoric ester groups is 1. The summed E-state index contributed by atoms with van der Waals surface area (Å²) in [6, 6.07) is 0. The maximum absolute atomic E-state index is 11.9. The molecule has 0 bridgehead atoms. The van der Waals surface area contributed by atoms with Crippen molar-refractivity contribution >= 4 is 17.7 Å². The van der Waals surface area contributed by atoms with Crippen LogP contribution in [-0.2, 0) is 18.9 Å². The van der Waals surface area contributed by atoms with Crippen molar-refractivity contribution in [2.45, 2.75) is 45.1 Å². The molecule has 1 atom stereocenters. The van der Waals surface area contributed by atoms with Crippen molar-refractivity contribution in [2.24, 2.45) is 5.92 Å². The third-order valence-corrected chi connectivity index (χ3v) is 5.58. The van der Waals surface area contributed by atoms with Crippen LogP contribution in [0.3, 0.4) is 0 Å². The van der Waals surface area contributed by atoms with Crippen LogP contribution in [0.2, 0.25) is 0 Å². The van der Waals surface area contributed by atoms with Crippen molar-refractivity contribution in [2.75, 3.05) is 11.5 Å². The highest BCUT2D eigenvalue weighted by Gasteiger charge is 2.28. The maximum Gasteiger partial charge on any atom is 0.469 e. The summed E-state index contributed by atoms with van der Waals surface area (Å²) in [5, 5.41) is 0. The van der Waals surface area contributed by atoms with Crippen molar-refractivity contribution < 1.29 is 27.3 Å². The number of phosphoric acid groups is 1. The summed E-state index contributed by atoms with van der Waals surface area (Å²) in [5.41, 5.74) is 0. The van der Waals surface area contributed by atoms with Crippen molar-refractivity contribution in [3.8, 4) is 0 Å². The minimum Gasteiger partial charge on any atom is -0.303 e. The first-order valence-electron chi connectivity index (χ1n) is 6.16. The lowest BCUT2D eigenvalue weighted by molar-refractivity contribution is 0.144. The Bertz CT molecular complexity index is 395. The highest BCUT2D eigenvalue weighted by molar-refractivity contribution is 7.91. The lowest BCUT2D eigenvalue weighted by Crippen LogP contribution is -2.26. The molecule has 0 aliphatic heterocycles. The Morgan fingerprint density at radius 2 is 1.89 bits per heavy atom. The van der Waals surface area contributed by atoms with Gasteiger partial charge in [-0.1, -0.05) is 19.8 Å². The second-order valence-corrected chi connectivity index (χ2v) is 8.20. The summed E-state index contributed by atoms with van der Waals surface area (Å²) < 4.78 is 39.0.